The first-order valence-corrected chi connectivity index (χ1v) is 8.92. The van der Waals surface area contributed by atoms with Crippen LogP contribution in [0.15, 0.2) is 66.3 Å². The van der Waals surface area contributed by atoms with Crippen molar-refractivity contribution in [2.24, 2.45) is 0 Å². The van der Waals surface area contributed by atoms with Gasteiger partial charge in [0.1, 0.15) is 5.65 Å². The number of fused-ring (bicyclic) bond motifs is 1. The molecule has 4 rings (SSSR count). The first-order valence-electron chi connectivity index (χ1n) is 7.56. The van der Waals surface area contributed by atoms with Gasteiger partial charge in [0.15, 0.2) is 5.16 Å². The second-order valence-electron chi connectivity index (χ2n) is 5.50. The number of hydrogen-bond acceptors (Lipinski definition) is 3. The third-order valence-electron chi connectivity index (χ3n) is 3.79. The number of aryl methyl sites for hydroxylation is 1. The lowest BCUT2D eigenvalue weighted by molar-refractivity contribution is 0.894. The van der Waals surface area contributed by atoms with Gasteiger partial charge in [0.2, 0.25) is 0 Å². The maximum absolute atomic E-state index is 5.96. The van der Waals surface area contributed by atoms with E-state index in [9.17, 15) is 0 Å². The van der Waals surface area contributed by atoms with Crippen LogP contribution in [0.25, 0.3) is 11.3 Å². The molecule has 0 N–H and O–H groups in total. The Morgan fingerprint density at radius 3 is 2.75 bits per heavy atom. The van der Waals surface area contributed by atoms with Crippen LogP contribution in [0, 0.1) is 6.92 Å². The first-order chi connectivity index (χ1) is 11.7. The fourth-order valence-electron chi connectivity index (χ4n) is 2.61. The molecule has 1 aromatic carbocycles. The topological polar surface area (TPSA) is 35.1 Å². The Hall–Kier alpha value is -2.24. The molecule has 0 atom stereocenters. The highest BCUT2D eigenvalue weighted by atomic mass is 35.5. The van der Waals surface area contributed by atoms with Crippen molar-refractivity contribution in [3.8, 4) is 5.69 Å². The molecule has 0 aliphatic carbocycles. The molecule has 0 spiro atoms. The Balaban J connectivity index is 1.57. The van der Waals surface area contributed by atoms with Crippen molar-refractivity contribution >= 4 is 29.0 Å². The second-order valence-corrected chi connectivity index (χ2v) is 6.88. The van der Waals surface area contributed by atoms with Crippen LogP contribution >= 0.6 is 23.4 Å². The highest BCUT2D eigenvalue weighted by molar-refractivity contribution is 7.98. The zero-order valence-electron chi connectivity index (χ0n) is 13.1. The Morgan fingerprint density at radius 2 is 1.96 bits per heavy atom. The normalized spacial score (nSPS) is 11.2. The molecule has 0 saturated carbocycles. The number of pyridine rings is 1. The maximum atomic E-state index is 5.96. The summed E-state index contributed by atoms with van der Waals surface area (Å²) in [6.07, 6.45) is 7.87. The lowest BCUT2D eigenvalue weighted by Gasteiger charge is -2.06. The van der Waals surface area contributed by atoms with Crippen LogP contribution in [0.5, 0.6) is 0 Å². The summed E-state index contributed by atoms with van der Waals surface area (Å²) in [6.45, 7) is 2.08. The van der Waals surface area contributed by atoms with E-state index < -0.39 is 0 Å². The van der Waals surface area contributed by atoms with Crippen LogP contribution in [0.3, 0.4) is 0 Å². The molecule has 6 heteroatoms. The number of halogens is 1. The average molecular weight is 355 g/mol. The van der Waals surface area contributed by atoms with Gasteiger partial charge < -0.3 is 4.40 Å². The summed E-state index contributed by atoms with van der Waals surface area (Å²) in [5.74, 6) is 0.770. The van der Waals surface area contributed by atoms with Crippen molar-refractivity contribution in [2.75, 3.05) is 0 Å². The summed E-state index contributed by atoms with van der Waals surface area (Å²) in [4.78, 5) is 9.17. The van der Waals surface area contributed by atoms with Gasteiger partial charge in [0.25, 0.3) is 0 Å². The fourth-order valence-corrected chi connectivity index (χ4v) is 3.59. The Kier molecular flexibility index (Phi) is 4.04. The smallest absolute Gasteiger partial charge is 0.172 e. The van der Waals surface area contributed by atoms with E-state index in [-0.39, 0.29) is 0 Å². The number of rotatable bonds is 4. The molecule has 0 aliphatic heterocycles. The van der Waals surface area contributed by atoms with Gasteiger partial charge in [-0.2, -0.15) is 0 Å². The Labute approximate surface area is 149 Å². The standard InChI is InChI=1S/C18H15ClN4S/c1-13-3-2-9-22-11-15(21-17(13)22)12-24-18-20-8-10-23(18)16-6-4-14(19)5-7-16/h2-11H,12H2,1H3. The van der Waals surface area contributed by atoms with Crippen molar-refractivity contribution < 1.29 is 0 Å². The molecule has 0 saturated heterocycles. The van der Waals surface area contributed by atoms with Gasteiger partial charge >= 0.3 is 0 Å². The SMILES string of the molecule is Cc1cccn2cc(CSc3nccn3-c3ccc(Cl)cc3)nc12. The van der Waals surface area contributed by atoms with Crippen LogP contribution in [0.1, 0.15) is 11.3 Å². The van der Waals surface area contributed by atoms with E-state index in [0.717, 1.165) is 33.0 Å². The van der Waals surface area contributed by atoms with Crippen LogP contribution in [-0.2, 0) is 5.75 Å². The Morgan fingerprint density at radius 1 is 1.12 bits per heavy atom. The summed E-state index contributed by atoms with van der Waals surface area (Å²) in [5, 5.41) is 1.67. The average Bonchev–Trinajstić information content (AvgIpc) is 3.20. The second kappa shape index (κ2) is 6.34. The largest absolute Gasteiger partial charge is 0.307 e. The minimum atomic E-state index is 0.730. The zero-order valence-corrected chi connectivity index (χ0v) is 14.6. The lowest BCUT2D eigenvalue weighted by atomic mass is 10.3. The number of aromatic nitrogens is 4. The zero-order chi connectivity index (χ0) is 16.5. The van der Waals surface area contributed by atoms with E-state index in [2.05, 4.69) is 33.1 Å². The molecule has 4 aromatic rings. The summed E-state index contributed by atoms with van der Waals surface area (Å²) < 4.78 is 4.12. The van der Waals surface area contributed by atoms with Gasteiger partial charge in [-0.1, -0.05) is 29.4 Å². The maximum Gasteiger partial charge on any atom is 0.172 e. The number of imidazole rings is 2. The van der Waals surface area contributed by atoms with E-state index in [1.54, 1.807) is 11.8 Å². The molecule has 4 nitrogen and oxygen atoms in total. The quantitative estimate of drug-likeness (QED) is 0.495. The molecule has 3 heterocycles. The van der Waals surface area contributed by atoms with Crippen LogP contribution in [-0.4, -0.2) is 18.9 Å². The lowest BCUT2D eigenvalue weighted by Crippen LogP contribution is -1.95. The minimum Gasteiger partial charge on any atom is -0.307 e. The summed E-state index contributed by atoms with van der Waals surface area (Å²) >= 11 is 7.63. The number of nitrogens with zero attached hydrogens (tertiary/aromatic N) is 4. The van der Waals surface area contributed by atoms with Gasteiger partial charge in [0.05, 0.1) is 5.69 Å². The van der Waals surface area contributed by atoms with E-state index in [1.165, 1.54) is 5.56 Å². The van der Waals surface area contributed by atoms with Gasteiger partial charge in [-0.25, -0.2) is 9.97 Å². The summed E-state index contributed by atoms with van der Waals surface area (Å²) in [7, 11) is 0. The highest BCUT2D eigenvalue weighted by Crippen LogP contribution is 2.25. The van der Waals surface area contributed by atoms with E-state index in [1.807, 2.05) is 48.9 Å². The first kappa shape index (κ1) is 15.3. The van der Waals surface area contributed by atoms with Gasteiger partial charge in [0, 0.05) is 41.3 Å². The van der Waals surface area contributed by atoms with Crippen LogP contribution in [0.2, 0.25) is 5.02 Å². The predicted molar refractivity (Wildman–Crippen MR) is 98.1 cm³/mol. The van der Waals surface area contributed by atoms with Crippen molar-refractivity contribution in [1.29, 1.82) is 0 Å². The molecule has 24 heavy (non-hydrogen) atoms. The molecule has 0 unspecified atom stereocenters. The van der Waals surface area contributed by atoms with E-state index >= 15 is 0 Å². The molecule has 0 amide bonds. The Bertz CT molecular complexity index is 988. The molecule has 0 fully saturated rings. The number of hydrogen-bond donors (Lipinski definition) is 0. The van der Waals surface area contributed by atoms with Crippen molar-refractivity contribution in [3.63, 3.8) is 0 Å². The molecule has 0 bridgehead atoms. The third kappa shape index (κ3) is 2.92. The van der Waals surface area contributed by atoms with E-state index in [4.69, 9.17) is 16.6 Å². The molecular weight excluding hydrogens is 340 g/mol. The van der Waals surface area contributed by atoms with Crippen molar-refractivity contribution in [1.82, 2.24) is 18.9 Å². The third-order valence-corrected chi connectivity index (χ3v) is 5.04. The molecule has 3 aromatic heterocycles. The van der Waals surface area contributed by atoms with Gasteiger partial charge in [-0.05, 0) is 42.8 Å². The summed E-state index contributed by atoms with van der Waals surface area (Å²) in [6, 6.07) is 11.9. The van der Waals surface area contributed by atoms with Crippen LogP contribution in [0.4, 0.5) is 0 Å². The highest BCUT2D eigenvalue weighted by Gasteiger charge is 2.09. The summed E-state index contributed by atoms with van der Waals surface area (Å²) in [5.41, 5.74) is 4.27. The van der Waals surface area contributed by atoms with Crippen molar-refractivity contribution in [3.05, 3.63) is 77.5 Å². The molecule has 0 radical (unpaired) electrons. The van der Waals surface area contributed by atoms with Gasteiger partial charge in [-0.15, -0.1) is 0 Å². The monoisotopic (exact) mass is 354 g/mol. The number of thioether (sulfide) groups is 1. The fraction of sp³-hybridized carbons (Fsp3) is 0.111. The molecular formula is C18H15ClN4S. The minimum absolute atomic E-state index is 0.730. The van der Waals surface area contributed by atoms with Crippen molar-refractivity contribution in [2.45, 2.75) is 17.8 Å². The number of benzene rings is 1. The van der Waals surface area contributed by atoms with Gasteiger partial charge in [-0.3, -0.25) is 4.57 Å². The predicted octanol–water partition coefficient (Wildman–Crippen LogP) is 4.77. The molecule has 120 valence electrons. The van der Waals surface area contributed by atoms with Crippen LogP contribution < -0.4 is 0 Å². The molecule has 0 aliphatic rings. The van der Waals surface area contributed by atoms with E-state index in [0.29, 0.717) is 0 Å².